The Labute approximate surface area is 260 Å². The van der Waals surface area contributed by atoms with E-state index in [1.165, 1.54) is 117 Å². The summed E-state index contributed by atoms with van der Waals surface area (Å²) in [5, 5.41) is 2.92. The van der Waals surface area contributed by atoms with Crippen molar-refractivity contribution in [1.29, 1.82) is 0 Å². The maximum Gasteiger partial charge on any atom is 0.0215 e. The Hall–Kier alpha value is -2.08. The summed E-state index contributed by atoms with van der Waals surface area (Å²) in [7, 11) is 0. The minimum atomic E-state index is 0.102. The molecule has 3 aromatic rings. The summed E-state index contributed by atoms with van der Waals surface area (Å²) in [6.45, 7) is 19.1. The van der Waals surface area contributed by atoms with E-state index in [1.807, 2.05) is 0 Å². The van der Waals surface area contributed by atoms with Gasteiger partial charge < -0.3 is 0 Å². The largest absolute Gasteiger partial charge is 0.0654 e. The van der Waals surface area contributed by atoms with Crippen molar-refractivity contribution in [2.75, 3.05) is 0 Å². The average Bonchev–Trinajstić information content (AvgIpc) is 3.25. The van der Waals surface area contributed by atoms with E-state index in [9.17, 15) is 0 Å². The van der Waals surface area contributed by atoms with Crippen LogP contribution in [0.25, 0.3) is 21.9 Å². The van der Waals surface area contributed by atoms with E-state index in [1.54, 1.807) is 16.7 Å². The molecule has 0 aliphatic heterocycles. The molecule has 4 rings (SSSR count). The number of hydrogen-bond acceptors (Lipinski definition) is 0. The Bertz CT molecular complexity index is 1280. The second-order valence-electron chi connectivity index (χ2n) is 15.3. The third-order valence-electron chi connectivity index (χ3n) is 10.8. The van der Waals surface area contributed by atoms with E-state index < -0.39 is 0 Å². The molecule has 3 aromatic carbocycles. The van der Waals surface area contributed by atoms with E-state index in [0.29, 0.717) is 0 Å². The highest BCUT2D eigenvalue weighted by molar-refractivity contribution is 6.04. The number of rotatable bonds is 16. The Kier molecular flexibility index (Phi) is 11.0. The molecular formula is C42H62. The van der Waals surface area contributed by atoms with E-state index in [4.69, 9.17) is 0 Å². The molecule has 0 N–H and O–H groups in total. The molecule has 0 spiro atoms. The van der Waals surface area contributed by atoms with Gasteiger partial charge in [-0.2, -0.15) is 0 Å². The highest BCUT2D eigenvalue weighted by Crippen LogP contribution is 2.58. The molecule has 1 aliphatic carbocycles. The minimum Gasteiger partial charge on any atom is -0.0654 e. The molecule has 0 aromatic heterocycles. The van der Waals surface area contributed by atoms with Gasteiger partial charge in [-0.25, -0.2) is 0 Å². The highest BCUT2D eigenvalue weighted by atomic mass is 14.5. The van der Waals surface area contributed by atoms with Gasteiger partial charge in [-0.3, -0.25) is 0 Å². The van der Waals surface area contributed by atoms with Crippen molar-refractivity contribution >= 4 is 10.8 Å². The second-order valence-corrected chi connectivity index (χ2v) is 15.3. The van der Waals surface area contributed by atoms with Gasteiger partial charge in [0.2, 0.25) is 0 Å². The summed E-state index contributed by atoms with van der Waals surface area (Å²) in [4.78, 5) is 0. The third-order valence-corrected chi connectivity index (χ3v) is 10.8. The Morgan fingerprint density at radius 3 is 1.67 bits per heavy atom. The van der Waals surface area contributed by atoms with Crippen LogP contribution in [0.1, 0.15) is 174 Å². The smallest absolute Gasteiger partial charge is 0.0215 e. The van der Waals surface area contributed by atoms with Gasteiger partial charge in [0, 0.05) is 5.41 Å². The van der Waals surface area contributed by atoms with Gasteiger partial charge in [0.15, 0.2) is 0 Å². The number of benzene rings is 3. The van der Waals surface area contributed by atoms with E-state index in [2.05, 4.69) is 104 Å². The molecule has 0 unspecified atom stereocenters. The average molecular weight is 567 g/mol. The SMILES string of the molecule is CCCCCCCCC1(CCCCCCCC)c2cc(C(C)(C)CC)ccc2-c2c1cc(C(C)(C)C)c1ccccc21. The summed E-state index contributed by atoms with van der Waals surface area (Å²) >= 11 is 0. The van der Waals surface area contributed by atoms with Crippen LogP contribution in [-0.2, 0) is 16.2 Å². The molecule has 0 radical (unpaired) electrons. The Morgan fingerprint density at radius 1 is 0.571 bits per heavy atom. The van der Waals surface area contributed by atoms with E-state index >= 15 is 0 Å². The van der Waals surface area contributed by atoms with Gasteiger partial charge in [0.05, 0.1) is 0 Å². The van der Waals surface area contributed by atoms with Gasteiger partial charge in [-0.1, -0.05) is 181 Å². The lowest BCUT2D eigenvalue weighted by molar-refractivity contribution is 0.396. The zero-order valence-corrected chi connectivity index (χ0v) is 28.7. The summed E-state index contributed by atoms with van der Waals surface area (Å²) in [5.74, 6) is 0. The Morgan fingerprint density at radius 2 is 1.12 bits per heavy atom. The molecule has 0 heterocycles. The van der Waals surface area contributed by atoms with Crippen LogP contribution in [-0.4, -0.2) is 0 Å². The van der Waals surface area contributed by atoms with Crippen LogP contribution < -0.4 is 0 Å². The minimum absolute atomic E-state index is 0.102. The van der Waals surface area contributed by atoms with Crippen molar-refractivity contribution in [3.8, 4) is 11.1 Å². The summed E-state index contributed by atoms with van der Waals surface area (Å²) in [5.41, 5.74) is 9.81. The monoisotopic (exact) mass is 566 g/mol. The van der Waals surface area contributed by atoms with Crippen molar-refractivity contribution in [2.45, 2.75) is 168 Å². The predicted octanol–water partition coefficient (Wildman–Crippen LogP) is 13.6. The fraction of sp³-hybridized carbons (Fsp3) is 0.619. The lowest BCUT2D eigenvalue weighted by Gasteiger charge is -2.35. The zero-order valence-electron chi connectivity index (χ0n) is 28.7. The molecule has 42 heavy (non-hydrogen) atoms. The molecule has 230 valence electrons. The fourth-order valence-electron chi connectivity index (χ4n) is 7.67. The molecular weight excluding hydrogens is 504 g/mol. The third kappa shape index (κ3) is 6.84. The lowest BCUT2D eigenvalue weighted by atomic mass is 9.68. The topological polar surface area (TPSA) is 0 Å². The Balaban J connectivity index is 1.90. The number of hydrogen-bond donors (Lipinski definition) is 0. The van der Waals surface area contributed by atoms with Crippen molar-refractivity contribution in [3.63, 3.8) is 0 Å². The first-order valence-corrected chi connectivity index (χ1v) is 17.8. The van der Waals surface area contributed by atoms with Crippen molar-refractivity contribution in [2.24, 2.45) is 0 Å². The maximum atomic E-state index is 2.69. The van der Waals surface area contributed by atoms with Crippen molar-refractivity contribution in [1.82, 2.24) is 0 Å². The van der Waals surface area contributed by atoms with Crippen molar-refractivity contribution in [3.05, 3.63) is 70.8 Å². The predicted molar refractivity (Wildman–Crippen MR) is 188 cm³/mol. The molecule has 1 aliphatic rings. The number of fused-ring (bicyclic) bond motifs is 5. The van der Waals surface area contributed by atoms with Crippen LogP contribution in [0, 0.1) is 0 Å². The molecule has 0 bridgehead atoms. The normalized spacial score (nSPS) is 14.4. The quantitative estimate of drug-likeness (QED) is 0.151. The second kappa shape index (κ2) is 14.1. The standard InChI is InChI=1S/C42H62/c1-9-12-14-16-18-22-28-42(29-23-19-17-15-13-10-2)37-30-32(41(7,8)11-3)26-27-35(37)39-34-25-21-20-24-33(34)36(31-38(39)42)40(4,5)6/h20-21,24-27,30-31H,9-19,22-23,28-29H2,1-8H3. The summed E-state index contributed by atoms with van der Waals surface area (Å²) in [6.07, 6.45) is 20.1. The molecule has 0 heteroatoms. The zero-order chi connectivity index (χ0) is 30.4. The van der Waals surface area contributed by atoms with Crippen molar-refractivity contribution < 1.29 is 0 Å². The molecule has 0 saturated heterocycles. The number of unbranched alkanes of at least 4 members (excludes halogenated alkanes) is 10. The molecule has 0 saturated carbocycles. The molecule has 0 fully saturated rings. The first-order chi connectivity index (χ1) is 20.1. The summed E-state index contributed by atoms with van der Waals surface area (Å²) < 4.78 is 0. The van der Waals surface area contributed by atoms with Gasteiger partial charge in [-0.05, 0) is 74.2 Å². The first kappa shape index (κ1) is 32.8. The lowest BCUT2D eigenvalue weighted by Crippen LogP contribution is -2.27. The fourth-order valence-corrected chi connectivity index (χ4v) is 7.67. The molecule has 0 atom stereocenters. The van der Waals surface area contributed by atoms with E-state index in [-0.39, 0.29) is 16.2 Å². The van der Waals surface area contributed by atoms with Crippen LogP contribution in [0.15, 0.2) is 48.5 Å². The van der Waals surface area contributed by atoms with Crippen LogP contribution in [0.4, 0.5) is 0 Å². The van der Waals surface area contributed by atoms with Gasteiger partial charge in [0.1, 0.15) is 0 Å². The van der Waals surface area contributed by atoms with Gasteiger partial charge in [0.25, 0.3) is 0 Å². The molecule has 0 nitrogen and oxygen atoms in total. The maximum absolute atomic E-state index is 2.69. The van der Waals surface area contributed by atoms with Gasteiger partial charge >= 0.3 is 0 Å². The first-order valence-electron chi connectivity index (χ1n) is 17.8. The summed E-state index contributed by atoms with van der Waals surface area (Å²) in [6, 6.07) is 19.7. The van der Waals surface area contributed by atoms with E-state index in [0.717, 1.165) is 6.42 Å². The van der Waals surface area contributed by atoms with Crippen LogP contribution in [0.2, 0.25) is 0 Å². The highest BCUT2D eigenvalue weighted by Gasteiger charge is 2.44. The van der Waals surface area contributed by atoms with Crippen LogP contribution in [0.3, 0.4) is 0 Å². The van der Waals surface area contributed by atoms with Gasteiger partial charge in [-0.15, -0.1) is 0 Å². The van der Waals surface area contributed by atoms with Crippen LogP contribution >= 0.6 is 0 Å². The van der Waals surface area contributed by atoms with Crippen LogP contribution in [0.5, 0.6) is 0 Å². The molecule has 0 amide bonds.